The van der Waals surface area contributed by atoms with Gasteiger partial charge in [0, 0.05) is 18.4 Å². The molecule has 4 rings (SSSR count). The highest BCUT2D eigenvalue weighted by molar-refractivity contribution is 8.01. The Morgan fingerprint density at radius 1 is 1.15 bits per heavy atom. The first-order valence-electron chi connectivity index (χ1n) is 6.22. The van der Waals surface area contributed by atoms with E-state index in [2.05, 4.69) is 30.5 Å². The molecule has 8 heteroatoms. The number of nitrogens with one attached hydrogen (secondary N) is 1. The Balaban J connectivity index is 1.55. The second-order valence-corrected chi connectivity index (χ2v) is 6.69. The SMILES string of the molecule is c1cnc2nc(Sc3nnc(NC4CC4)s3)ccc2n1. The molecule has 0 spiro atoms. The molecule has 1 saturated carbocycles. The van der Waals surface area contributed by atoms with Gasteiger partial charge in [-0.05, 0) is 36.7 Å². The lowest BCUT2D eigenvalue weighted by molar-refractivity contribution is 0.992. The van der Waals surface area contributed by atoms with E-state index in [1.807, 2.05) is 12.1 Å². The number of aromatic nitrogens is 5. The standard InChI is InChI=1S/C12H10N6S2/c1-2-7(1)15-11-17-18-12(20-11)19-9-4-3-8-10(16-9)14-6-5-13-8/h3-7H,1-2H2,(H,15,17). The second-order valence-electron chi connectivity index (χ2n) is 4.44. The van der Waals surface area contributed by atoms with Crippen LogP contribution in [-0.4, -0.2) is 31.2 Å². The maximum atomic E-state index is 4.46. The zero-order valence-corrected chi connectivity index (χ0v) is 12.0. The molecule has 3 aromatic heterocycles. The van der Waals surface area contributed by atoms with Gasteiger partial charge in [-0.1, -0.05) is 11.3 Å². The maximum Gasteiger partial charge on any atom is 0.206 e. The van der Waals surface area contributed by atoms with Crippen molar-refractivity contribution in [3.05, 3.63) is 24.5 Å². The zero-order chi connectivity index (χ0) is 13.4. The van der Waals surface area contributed by atoms with Crippen LogP contribution in [0.1, 0.15) is 12.8 Å². The van der Waals surface area contributed by atoms with Crippen molar-refractivity contribution >= 4 is 39.4 Å². The minimum atomic E-state index is 0.592. The highest BCUT2D eigenvalue weighted by Gasteiger charge is 2.22. The van der Waals surface area contributed by atoms with Gasteiger partial charge in [-0.25, -0.2) is 9.97 Å². The van der Waals surface area contributed by atoms with Gasteiger partial charge in [-0.15, -0.1) is 10.2 Å². The van der Waals surface area contributed by atoms with Crippen LogP contribution in [0.15, 0.2) is 33.9 Å². The average Bonchev–Trinajstić information content (AvgIpc) is 3.18. The molecule has 0 aliphatic heterocycles. The van der Waals surface area contributed by atoms with Crippen LogP contribution in [0.25, 0.3) is 11.2 Å². The van der Waals surface area contributed by atoms with E-state index in [4.69, 9.17) is 0 Å². The van der Waals surface area contributed by atoms with Gasteiger partial charge >= 0.3 is 0 Å². The molecule has 0 atom stereocenters. The molecule has 0 bridgehead atoms. The second kappa shape index (κ2) is 4.95. The Bertz CT molecular complexity index is 754. The van der Waals surface area contributed by atoms with Gasteiger partial charge in [-0.2, -0.15) is 0 Å². The molecule has 0 aromatic carbocycles. The molecule has 3 aromatic rings. The number of pyridine rings is 1. The summed E-state index contributed by atoms with van der Waals surface area (Å²) in [5.74, 6) is 0. The fraction of sp³-hybridized carbons (Fsp3) is 0.250. The van der Waals surface area contributed by atoms with Crippen molar-refractivity contribution in [1.82, 2.24) is 25.1 Å². The fourth-order valence-corrected chi connectivity index (χ4v) is 3.44. The Kier molecular flexibility index (Phi) is 2.96. The third kappa shape index (κ3) is 2.56. The van der Waals surface area contributed by atoms with Crippen molar-refractivity contribution in [2.24, 2.45) is 0 Å². The predicted octanol–water partition coefficient (Wildman–Crippen LogP) is 2.60. The molecule has 0 amide bonds. The summed E-state index contributed by atoms with van der Waals surface area (Å²) in [4.78, 5) is 12.9. The van der Waals surface area contributed by atoms with E-state index in [9.17, 15) is 0 Å². The highest BCUT2D eigenvalue weighted by Crippen LogP contribution is 2.33. The van der Waals surface area contributed by atoms with Crippen LogP contribution in [0.4, 0.5) is 5.13 Å². The van der Waals surface area contributed by atoms with Crippen molar-refractivity contribution in [2.45, 2.75) is 28.2 Å². The number of anilines is 1. The monoisotopic (exact) mass is 302 g/mol. The minimum Gasteiger partial charge on any atom is -0.357 e. The van der Waals surface area contributed by atoms with Crippen molar-refractivity contribution in [3.63, 3.8) is 0 Å². The van der Waals surface area contributed by atoms with Crippen LogP contribution in [0.3, 0.4) is 0 Å². The van der Waals surface area contributed by atoms with Crippen molar-refractivity contribution in [1.29, 1.82) is 0 Å². The average molecular weight is 302 g/mol. The number of rotatable bonds is 4. The van der Waals surface area contributed by atoms with Crippen LogP contribution >= 0.6 is 23.1 Å². The summed E-state index contributed by atoms with van der Waals surface area (Å²) >= 11 is 3.05. The molecule has 3 heterocycles. The van der Waals surface area contributed by atoms with Crippen molar-refractivity contribution < 1.29 is 0 Å². The summed E-state index contributed by atoms with van der Waals surface area (Å²) in [7, 11) is 0. The lowest BCUT2D eigenvalue weighted by Gasteiger charge is -1.98. The summed E-state index contributed by atoms with van der Waals surface area (Å²) in [6.07, 6.45) is 5.77. The quantitative estimate of drug-likeness (QED) is 0.793. The third-order valence-corrected chi connectivity index (χ3v) is 4.65. The van der Waals surface area contributed by atoms with Crippen molar-refractivity contribution in [2.75, 3.05) is 5.32 Å². The Morgan fingerprint density at radius 2 is 2.05 bits per heavy atom. The maximum absolute atomic E-state index is 4.46. The molecule has 0 unspecified atom stereocenters. The van der Waals surface area contributed by atoms with Crippen LogP contribution in [-0.2, 0) is 0 Å². The molecule has 6 nitrogen and oxygen atoms in total. The number of fused-ring (bicyclic) bond motifs is 1. The molecule has 1 N–H and O–H groups in total. The molecule has 20 heavy (non-hydrogen) atoms. The number of hydrogen-bond donors (Lipinski definition) is 1. The van der Waals surface area contributed by atoms with Gasteiger partial charge in [-0.3, -0.25) is 4.98 Å². The van der Waals surface area contributed by atoms with E-state index in [1.54, 1.807) is 23.7 Å². The summed E-state index contributed by atoms with van der Waals surface area (Å²) in [6.45, 7) is 0. The smallest absolute Gasteiger partial charge is 0.206 e. The highest BCUT2D eigenvalue weighted by atomic mass is 32.2. The lowest BCUT2D eigenvalue weighted by Crippen LogP contribution is -1.99. The van der Waals surface area contributed by atoms with Gasteiger partial charge in [0.05, 0.1) is 0 Å². The van der Waals surface area contributed by atoms with Crippen LogP contribution < -0.4 is 5.32 Å². The largest absolute Gasteiger partial charge is 0.357 e. The molecule has 1 aliphatic rings. The molecule has 100 valence electrons. The number of nitrogens with zero attached hydrogens (tertiary/aromatic N) is 5. The Morgan fingerprint density at radius 3 is 2.95 bits per heavy atom. The summed E-state index contributed by atoms with van der Waals surface area (Å²) in [6, 6.07) is 4.44. The van der Waals surface area contributed by atoms with E-state index < -0.39 is 0 Å². The Labute approximate surface area is 123 Å². The van der Waals surface area contributed by atoms with E-state index >= 15 is 0 Å². The van der Waals surface area contributed by atoms with Gasteiger partial charge in [0.25, 0.3) is 0 Å². The van der Waals surface area contributed by atoms with E-state index in [0.717, 1.165) is 20.0 Å². The van der Waals surface area contributed by atoms with E-state index in [0.29, 0.717) is 11.7 Å². The normalized spacial score (nSPS) is 14.6. The van der Waals surface area contributed by atoms with Crippen LogP contribution in [0.2, 0.25) is 0 Å². The van der Waals surface area contributed by atoms with Crippen LogP contribution in [0.5, 0.6) is 0 Å². The molecule has 1 fully saturated rings. The third-order valence-electron chi connectivity index (χ3n) is 2.81. The molecule has 1 aliphatic carbocycles. The first-order valence-corrected chi connectivity index (χ1v) is 7.86. The topological polar surface area (TPSA) is 76.5 Å². The van der Waals surface area contributed by atoms with Crippen molar-refractivity contribution in [3.8, 4) is 0 Å². The van der Waals surface area contributed by atoms with Gasteiger partial charge in [0.15, 0.2) is 9.99 Å². The summed E-state index contributed by atoms with van der Waals surface area (Å²) in [5, 5.41) is 13.4. The first-order chi connectivity index (χ1) is 9.87. The lowest BCUT2D eigenvalue weighted by atomic mass is 10.4. The molecular weight excluding hydrogens is 292 g/mol. The first kappa shape index (κ1) is 12.0. The molecule has 0 radical (unpaired) electrons. The van der Waals surface area contributed by atoms with Gasteiger partial charge < -0.3 is 5.32 Å². The Hall–Kier alpha value is -1.80. The molecule has 0 saturated heterocycles. The summed E-state index contributed by atoms with van der Waals surface area (Å²) in [5.41, 5.74) is 1.45. The summed E-state index contributed by atoms with van der Waals surface area (Å²) < 4.78 is 0.879. The van der Waals surface area contributed by atoms with Gasteiger partial charge in [0.2, 0.25) is 5.13 Å². The molecular formula is C12H10N6S2. The van der Waals surface area contributed by atoms with Crippen LogP contribution in [0, 0.1) is 0 Å². The predicted molar refractivity (Wildman–Crippen MR) is 78.0 cm³/mol. The van der Waals surface area contributed by atoms with E-state index in [1.165, 1.54) is 24.6 Å². The minimum absolute atomic E-state index is 0.592. The number of hydrogen-bond acceptors (Lipinski definition) is 8. The fourth-order valence-electron chi connectivity index (χ4n) is 1.69. The zero-order valence-electron chi connectivity index (χ0n) is 10.4. The van der Waals surface area contributed by atoms with E-state index in [-0.39, 0.29) is 0 Å². The van der Waals surface area contributed by atoms with Gasteiger partial charge in [0.1, 0.15) is 10.5 Å².